The van der Waals surface area contributed by atoms with Crippen molar-refractivity contribution in [1.82, 2.24) is 15.3 Å². The topological polar surface area (TPSA) is 64.1 Å². The van der Waals surface area contributed by atoms with Gasteiger partial charge in [0.05, 0.1) is 6.10 Å². The molecule has 1 aliphatic heterocycles. The zero-order chi connectivity index (χ0) is 13.8. The van der Waals surface area contributed by atoms with Crippen LogP contribution < -0.4 is 5.32 Å². The average molecular weight is 289 g/mol. The van der Waals surface area contributed by atoms with Gasteiger partial charge in [0.2, 0.25) is 0 Å². The summed E-state index contributed by atoms with van der Waals surface area (Å²) in [5.74, 6) is -0.142. The fraction of sp³-hybridized carbons (Fsp3) is 0.357. The number of hydrogen-bond acceptors (Lipinski definition) is 5. The number of rotatable bonds is 4. The van der Waals surface area contributed by atoms with Gasteiger partial charge in [-0.1, -0.05) is 0 Å². The third-order valence-electron chi connectivity index (χ3n) is 3.18. The standard InChI is InChI=1S/C14H15N3O2S/c18-13(16-8-11-2-1-7-19-11)12-9-20-14(17-12)10-3-5-15-6-4-10/h3-6,9,11H,1-2,7-8H2,(H,16,18)/t11-/m0/s1. The first-order chi connectivity index (χ1) is 9.83. The maximum atomic E-state index is 12.0. The van der Waals surface area contributed by atoms with Crippen LogP contribution in [0.1, 0.15) is 23.3 Å². The van der Waals surface area contributed by atoms with Crippen LogP contribution >= 0.6 is 11.3 Å². The van der Waals surface area contributed by atoms with E-state index in [1.807, 2.05) is 12.1 Å². The van der Waals surface area contributed by atoms with Gasteiger partial charge < -0.3 is 10.1 Å². The van der Waals surface area contributed by atoms with Crippen molar-refractivity contribution in [2.24, 2.45) is 0 Å². The summed E-state index contributed by atoms with van der Waals surface area (Å²) in [5.41, 5.74) is 1.43. The van der Waals surface area contributed by atoms with Crippen LogP contribution in [0, 0.1) is 0 Å². The van der Waals surface area contributed by atoms with Gasteiger partial charge in [0.1, 0.15) is 10.7 Å². The molecular weight excluding hydrogens is 274 g/mol. The molecule has 2 aromatic rings. The predicted octanol–water partition coefficient (Wildman–Crippen LogP) is 2.11. The third kappa shape index (κ3) is 3.02. The number of pyridine rings is 1. The van der Waals surface area contributed by atoms with Crippen molar-refractivity contribution in [2.75, 3.05) is 13.2 Å². The molecule has 3 rings (SSSR count). The summed E-state index contributed by atoms with van der Waals surface area (Å²) in [6.07, 6.45) is 5.67. The largest absolute Gasteiger partial charge is 0.376 e. The van der Waals surface area contributed by atoms with E-state index in [1.165, 1.54) is 11.3 Å². The Morgan fingerprint density at radius 2 is 2.30 bits per heavy atom. The molecule has 1 N–H and O–H groups in total. The van der Waals surface area contributed by atoms with Crippen molar-refractivity contribution in [2.45, 2.75) is 18.9 Å². The molecule has 0 saturated carbocycles. The van der Waals surface area contributed by atoms with Gasteiger partial charge in [0, 0.05) is 36.5 Å². The molecule has 6 heteroatoms. The van der Waals surface area contributed by atoms with Gasteiger partial charge in [0.15, 0.2) is 0 Å². The normalized spacial score (nSPS) is 18.1. The number of nitrogens with one attached hydrogen (secondary N) is 1. The zero-order valence-corrected chi connectivity index (χ0v) is 11.7. The molecule has 1 fully saturated rings. The molecule has 20 heavy (non-hydrogen) atoms. The summed E-state index contributed by atoms with van der Waals surface area (Å²) in [6.45, 7) is 1.35. The Hall–Kier alpha value is -1.79. The molecule has 104 valence electrons. The van der Waals surface area contributed by atoms with Crippen LogP contribution in [0.2, 0.25) is 0 Å². The summed E-state index contributed by atoms with van der Waals surface area (Å²) in [4.78, 5) is 20.3. The van der Waals surface area contributed by atoms with Crippen molar-refractivity contribution in [1.29, 1.82) is 0 Å². The fourth-order valence-electron chi connectivity index (χ4n) is 2.11. The second-order valence-electron chi connectivity index (χ2n) is 4.62. The number of carbonyl (C=O) groups excluding carboxylic acids is 1. The summed E-state index contributed by atoms with van der Waals surface area (Å²) in [5, 5.41) is 5.48. The minimum atomic E-state index is -0.142. The molecule has 1 aliphatic rings. The van der Waals surface area contributed by atoms with Gasteiger partial charge in [0.25, 0.3) is 5.91 Å². The Kier molecular flexibility index (Phi) is 4.03. The summed E-state index contributed by atoms with van der Waals surface area (Å²) >= 11 is 1.46. The summed E-state index contributed by atoms with van der Waals surface area (Å²) in [6, 6.07) is 3.76. The minimum Gasteiger partial charge on any atom is -0.376 e. The van der Waals surface area contributed by atoms with Crippen LogP contribution in [0.25, 0.3) is 10.6 Å². The first-order valence-electron chi connectivity index (χ1n) is 6.58. The monoisotopic (exact) mass is 289 g/mol. The number of hydrogen-bond donors (Lipinski definition) is 1. The molecule has 1 saturated heterocycles. The molecular formula is C14H15N3O2S. The highest BCUT2D eigenvalue weighted by Gasteiger charge is 2.18. The zero-order valence-electron chi connectivity index (χ0n) is 10.9. The highest BCUT2D eigenvalue weighted by atomic mass is 32.1. The number of ether oxygens (including phenoxy) is 1. The van der Waals surface area contributed by atoms with Gasteiger partial charge in [-0.05, 0) is 25.0 Å². The molecule has 0 spiro atoms. The lowest BCUT2D eigenvalue weighted by molar-refractivity contribution is 0.0854. The van der Waals surface area contributed by atoms with Gasteiger partial charge in [-0.15, -0.1) is 11.3 Å². The van der Waals surface area contributed by atoms with Gasteiger partial charge in [-0.25, -0.2) is 4.98 Å². The van der Waals surface area contributed by atoms with E-state index >= 15 is 0 Å². The minimum absolute atomic E-state index is 0.142. The van der Waals surface area contributed by atoms with E-state index in [0.717, 1.165) is 30.0 Å². The van der Waals surface area contributed by atoms with E-state index < -0.39 is 0 Å². The van der Waals surface area contributed by atoms with Crippen molar-refractivity contribution < 1.29 is 9.53 Å². The fourth-order valence-corrected chi connectivity index (χ4v) is 2.91. The highest BCUT2D eigenvalue weighted by molar-refractivity contribution is 7.13. The van der Waals surface area contributed by atoms with E-state index in [1.54, 1.807) is 17.8 Å². The second-order valence-corrected chi connectivity index (χ2v) is 5.48. The number of aromatic nitrogens is 2. The van der Waals surface area contributed by atoms with Crippen molar-refractivity contribution in [3.05, 3.63) is 35.6 Å². The lowest BCUT2D eigenvalue weighted by Crippen LogP contribution is -2.31. The average Bonchev–Trinajstić information content (AvgIpc) is 3.17. The Morgan fingerprint density at radius 3 is 3.05 bits per heavy atom. The van der Waals surface area contributed by atoms with E-state index in [-0.39, 0.29) is 12.0 Å². The van der Waals surface area contributed by atoms with Crippen LogP contribution in [0.4, 0.5) is 0 Å². The van der Waals surface area contributed by atoms with E-state index in [9.17, 15) is 4.79 Å². The third-order valence-corrected chi connectivity index (χ3v) is 4.07. The summed E-state index contributed by atoms with van der Waals surface area (Å²) < 4.78 is 5.47. The maximum absolute atomic E-state index is 12.0. The van der Waals surface area contributed by atoms with Gasteiger partial charge in [-0.2, -0.15) is 0 Å². The van der Waals surface area contributed by atoms with Crippen LogP contribution in [0.3, 0.4) is 0 Å². The Labute approximate surface area is 121 Å². The van der Waals surface area contributed by atoms with Crippen molar-refractivity contribution in [3.8, 4) is 10.6 Å². The van der Waals surface area contributed by atoms with Crippen molar-refractivity contribution in [3.63, 3.8) is 0 Å². The SMILES string of the molecule is O=C(NC[C@@H]1CCCO1)c1csc(-c2ccncc2)n1. The Bertz CT molecular complexity index is 579. The first kappa shape index (κ1) is 13.2. The van der Waals surface area contributed by atoms with Crippen LogP contribution in [-0.4, -0.2) is 35.1 Å². The lowest BCUT2D eigenvalue weighted by Gasteiger charge is -2.09. The number of thiazole rings is 1. The first-order valence-corrected chi connectivity index (χ1v) is 7.46. The molecule has 1 amide bonds. The van der Waals surface area contributed by atoms with Crippen LogP contribution in [0.15, 0.2) is 29.9 Å². The number of amides is 1. The molecule has 1 atom stereocenters. The van der Waals surface area contributed by atoms with Crippen LogP contribution in [0.5, 0.6) is 0 Å². The molecule has 0 radical (unpaired) electrons. The molecule has 3 heterocycles. The molecule has 0 bridgehead atoms. The molecule has 0 aromatic carbocycles. The highest BCUT2D eigenvalue weighted by Crippen LogP contribution is 2.22. The van der Waals surface area contributed by atoms with Gasteiger partial charge >= 0.3 is 0 Å². The van der Waals surface area contributed by atoms with Gasteiger partial charge in [-0.3, -0.25) is 9.78 Å². The number of nitrogens with zero attached hydrogens (tertiary/aromatic N) is 2. The van der Waals surface area contributed by atoms with E-state index in [4.69, 9.17) is 4.74 Å². The van der Waals surface area contributed by atoms with Crippen molar-refractivity contribution >= 4 is 17.2 Å². The second kappa shape index (κ2) is 6.11. The quantitative estimate of drug-likeness (QED) is 0.936. The van der Waals surface area contributed by atoms with E-state index in [0.29, 0.717) is 12.2 Å². The molecule has 0 unspecified atom stereocenters. The summed E-state index contributed by atoms with van der Waals surface area (Å²) in [7, 11) is 0. The molecule has 5 nitrogen and oxygen atoms in total. The van der Waals surface area contributed by atoms with Crippen LogP contribution in [-0.2, 0) is 4.74 Å². The van der Waals surface area contributed by atoms with E-state index in [2.05, 4.69) is 15.3 Å². The lowest BCUT2D eigenvalue weighted by atomic mass is 10.2. The maximum Gasteiger partial charge on any atom is 0.270 e. The smallest absolute Gasteiger partial charge is 0.270 e. The Morgan fingerprint density at radius 1 is 1.45 bits per heavy atom. The number of carbonyl (C=O) groups is 1. The predicted molar refractivity (Wildman–Crippen MR) is 76.7 cm³/mol. The molecule has 0 aliphatic carbocycles. The molecule has 2 aromatic heterocycles. The Balaban J connectivity index is 1.62.